The van der Waals surface area contributed by atoms with Crippen LogP contribution < -0.4 is 10.6 Å². The first-order chi connectivity index (χ1) is 15.5. The van der Waals surface area contributed by atoms with E-state index in [4.69, 9.17) is 4.74 Å². The van der Waals surface area contributed by atoms with Crippen LogP contribution in [0.4, 0.5) is 10.7 Å². The van der Waals surface area contributed by atoms with Gasteiger partial charge in [0.15, 0.2) is 0 Å². The molecule has 32 heavy (non-hydrogen) atoms. The van der Waals surface area contributed by atoms with Gasteiger partial charge in [-0.3, -0.25) is 9.59 Å². The van der Waals surface area contributed by atoms with Crippen LogP contribution in [0.1, 0.15) is 62.9 Å². The van der Waals surface area contributed by atoms with Gasteiger partial charge in [0.1, 0.15) is 5.00 Å². The Kier molecular flexibility index (Phi) is 6.79. The molecular weight excluding hydrogens is 426 g/mol. The molecule has 2 heterocycles. The third-order valence-electron chi connectivity index (χ3n) is 5.96. The summed E-state index contributed by atoms with van der Waals surface area (Å²) in [6.45, 7) is 5.69. The Morgan fingerprint density at radius 2 is 1.91 bits per heavy atom. The van der Waals surface area contributed by atoms with E-state index < -0.39 is 0 Å². The lowest BCUT2D eigenvalue weighted by molar-refractivity contribution is -0.114. The van der Waals surface area contributed by atoms with Gasteiger partial charge in [0.25, 0.3) is 5.91 Å². The average molecular weight is 456 g/mol. The molecule has 1 aliphatic carbocycles. The number of ether oxygens (including phenoxy) is 1. The van der Waals surface area contributed by atoms with Gasteiger partial charge in [-0.15, -0.1) is 11.3 Å². The van der Waals surface area contributed by atoms with Crippen LogP contribution in [-0.4, -0.2) is 48.9 Å². The molecule has 2 amide bonds. The van der Waals surface area contributed by atoms with Gasteiger partial charge in [-0.25, -0.2) is 4.79 Å². The number of nitrogens with one attached hydrogen (secondary N) is 2. The minimum Gasteiger partial charge on any atom is -0.462 e. The maximum absolute atomic E-state index is 12.6. The number of anilines is 2. The number of likely N-dealkylation sites (tertiary alicyclic amines) is 1. The SMILES string of the molecule is CCOC(=O)c1c(NC(=O)CNc2ccc(C(=O)N3CCCC3)cc2C)sc2c1CCC2. The first-order valence-electron chi connectivity index (χ1n) is 11.2. The molecule has 1 fully saturated rings. The molecule has 1 aliphatic heterocycles. The topological polar surface area (TPSA) is 87.7 Å². The van der Waals surface area contributed by atoms with E-state index in [2.05, 4.69) is 10.6 Å². The summed E-state index contributed by atoms with van der Waals surface area (Å²) in [5.41, 5.74) is 3.92. The number of fused-ring (bicyclic) bond motifs is 1. The van der Waals surface area contributed by atoms with Crippen LogP contribution >= 0.6 is 11.3 Å². The Labute approximate surface area is 192 Å². The Hall–Kier alpha value is -2.87. The summed E-state index contributed by atoms with van der Waals surface area (Å²) in [5.74, 6) is -0.538. The van der Waals surface area contributed by atoms with Gasteiger partial charge in [-0.1, -0.05) is 0 Å². The van der Waals surface area contributed by atoms with Crippen molar-refractivity contribution in [3.63, 3.8) is 0 Å². The molecule has 2 aliphatic rings. The fourth-order valence-corrected chi connectivity index (χ4v) is 5.65. The summed E-state index contributed by atoms with van der Waals surface area (Å²) in [5, 5.41) is 6.61. The maximum atomic E-state index is 12.6. The number of thiophene rings is 1. The van der Waals surface area contributed by atoms with Crippen molar-refractivity contribution in [1.29, 1.82) is 0 Å². The fraction of sp³-hybridized carbons (Fsp3) is 0.458. The second-order valence-electron chi connectivity index (χ2n) is 8.21. The van der Waals surface area contributed by atoms with E-state index in [9.17, 15) is 14.4 Å². The Morgan fingerprint density at radius 1 is 1.12 bits per heavy atom. The molecule has 0 atom stereocenters. The molecule has 2 N–H and O–H groups in total. The lowest BCUT2D eigenvalue weighted by Gasteiger charge is -2.16. The van der Waals surface area contributed by atoms with E-state index >= 15 is 0 Å². The molecule has 0 unspecified atom stereocenters. The number of rotatable bonds is 7. The fourth-order valence-electron chi connectivity index (χ4n) is 4.36. The molecule has 4 rings (SSSR count). The van der Waals surface area contributed by atoms with Crippen LogP contribution in [-0.2, 0) is 22.4 Å². The number of esters is 1. The number of nitrogens with zero attached hydrogens (tertiary/aromatic N) is 1. The summed E-state index contributed by atoms with van der Waals surface area (Å²) in [6, 6.07) is 5.51. The van der Waals surface area contributed by atoms with Crippen molar-refractivity contribution in [3.05, 3.63) is 45.3 Å². The predicted octanol–water partition coefficient (Wildman–Crippen LogP) is 4.01. The van der Waals surface area contributed by atoms with Crippen LogP contribution in [0.15, 0.2) is 18.2 Å². The number of hydrogen-bond donors (Lipinski definition) is 2. The average Bonchev–Trinajstić information content (AvgIpc) is 3.50. The van der Waals surface area contributed by atoms with Crippen molar-refractivity contribution in [2.24, 2.45) is 0 Å². The number of carbonyl (C=O) groups is 3. The molecule has 0 spiro atoms. The molecule has 1 aromatic heterocycles. The van der Waals surface area contributed by atoms with E-state index in [1.54, 1.807) is 13.0 Å². The third-order valence-corrected chi connectivity index (χ3v) is 7.17. The summed E-state index contributed by atoms with van der Waals surface area (Å²) in [4.78, 5) is 40.7. The van der Waals surface area contributed by atoms with Crippen molar-refractivity contribution in [1.82, 2.24) is 4.90 Å². The Balaban J connectivity index is 1.39. The quantitative estimate of drug-likeness (QED) is 0.616. The van der Waals surface area contributed by atoms with Crippen LogP contribution in [0.2, 0.25) is 0 Å². The summed E-state index contributed by atoms with van der Waals surface area (Å²) in [7, 11) is 0. The second-order valence-corrected chi connectivity index (χ2v) is 9.32. The third kappa shape index (κ3) is 4.65. The smallest absolute Gasteiger partial charge is 0.341 e. The molecule has 8 heteroatoms. The zero-order valence-electron chi connectivity index (χ0n) is 18.6. The van der Waals surface area contributed by atoms with Crippen molar-refractivity contribution >= 4 is 39.8 Å². The highest BCUT2D eigenvalue weighted by Gasteiger charge is 2.28. The van der Waals surface area contributed by atoms with Gasteiger partial charge >= 0.3 is 5.97 Å². The molecule has 2 aromatic rings. The molecule has 0 radical (unpaired) electrons. The van der Waals surface area contributed by atoms with E-state index in [1.807, 2.05) is 24.0 Å². The minimum atomic E-state index is -0.371. The Morgan fingerprint density at radius 3 is 2.62 bits per heavy atom. The predicted molar refractivity (Wildman–Crippen MR) is 126 cm³/mol. The van der Waals surface area contributed by atoms with Gasteiger partial charge < -0.3 is 20.3 Å². The summed E-state index contributed by atoms with van der Waals surface area (Å²) >= 11 is 1.47. The minimum absolute atomic E-state index is 0.0606. The standard InChI is InChI=1S/C24H29N3O4S/c1-3-31-24(30)21-17-7-6-8-19(17)32-22(21)26-20(28)14-25-18-10-9-16(13-15(18)2)23(29)27-11-4-5-12-27/h9-10,13,25H,3-8,11-12,14H2,1-2H3,(H,26,28). The maximum Gasteiger partial charge on any atom is 0.341 e. The van der Waals surface area contributed by atoms with Crippen LogP contribution in [0.5, 0.6) is 0 Å². The van der Waals surface area contributed by atoms with Crippen molar-refractivity contribution in [2.75, 3.05) is 36.9 Å². The van der Waals surface area contributed by atoms with Crippen molar-refractivity contribution in [3.8, 4) is 0 Å². The zero-order valence-corrected chi connectivity index (χ0v) is 19.4. The lowest BCUT2D eigenvalue weighted by atomic mass is 10.1. The number of hydrogen-bond acceptors (Lipinski definition) is 6. The van der Waals surface area contributed by atoms with Crippen LogP contribution in [0.3, 0.4) is 0 Å². The molecule has 1 aromatic carbocycles. The molecule has 7 nitrogen and oxygen atoms in total. The normalized spacial score (nSPS) is 14.9. The van der Waals surface area contributed by atoms with E-state index in [0.717, 1.165) is 66.9 Å². The van der Waals surface area contributed by atoms with Gasteiger partial charge in [-0.05, 0) is 75.3 Å². The van der Waals surface area contributed by atoms with E-state index in [-0.39, 0.29) is 24.3 Å². The van der Waals surface area contributed by atoms with Crippen LogP contribution in [0, 0.1) is 6.92 Å². The highest BCUT2D eigenvalue weighted by molar-refractivity contribution is 7.17. The number of carbonyl (C=O) groups excluding carboxylic acids is 3. The summed E-state index contributed by atoms with van der Waals surface area (Å²) in [6.07, 6.45) is 4.92. The van der Waals surface area contributed by atoms with E-state index in [1.165, 1.54) is 11.3 Å². The van der Waals surface area contributed by atoms with E-state index in [0.29, 0.717) is 22.7 Å². The van der Waals surface area contributed by atoms with Crippen LogP contribution in [0.25, 0.3) is 0 Å². The zero-order chi connectivity index (χ0) is 22.7. The molecule has 1 saturated heterocycles. The van der Waals surface area contributed by atoms with Gasteiger partial charge in [-0.2, -0.15) is 0 Å². The van der Waals surface area contributed by atoms with Crippen molar-refractivity contribution in [2.45, 2.75) is 46.0 Å². The highest BCUT2D eigenvalue weighted by atomic mass is 32.1. The molecule has 170 valence electrons. The number of benzene rings is 1. The number of amides is 2. The highest BCUT2D eigenvalue weighted by Crippen LogP contribution is 2.39. The first kappa shape index (κ1) is 22.3. The first-order valence-corrected chi connectivity index (χ1v) is 12.0. The Bertz CT molecular complexity index is 1040. The lowest BCUT2D eigenvalue weighted by Crippen LogP contribution is -2.27. The van der Waals surface area contributed by atoms with Gasteiger partial charge in [0.2, 0.25) is 5.91 Å². The largest absolute Gasteiger partial charge is 0.462 e. The monoisotopic (exact) mass is 455 g/mol. The number of aryl methyl sites for hydroxylation is 2. The van der Waals surface area contributed by atoms with Crippen molar-refractivity contribution < 1.29 is 19.1 Å². The second kappa shape index (κ2) is 9.73. The van der Waals surface area contributed by atoms with Gasteiger partial charge in [0.05, 0.1) is 18.7 Å². The van der Waals surface area contributed by atoms with Gasteiger partial charge in [0, 0.05) is 29.2 Å². The molecular formula is C24H29N3O4S. The molecule has 0 bridgehead atoms. The molecule has 0 saturated carbocycles. The summed E-state index contributed by atoms with van der Waals surface area (Å²) < 4.78 is 5.22.